The lowest BCUT2D eigenvalue weighted by atomic mass is 9.90. The first-order valence-corrected chi connectivity index (χ1v) is 12.6. The number of hydrogen-bond donors (Lipinski definition) is 4. The summed E-state index contributed by atoms with van der Waals surface area (Å²) in [6.45, 7) is 0.406. The summed E-state index contributed by atoms with van der Waals surface area (Å²) in [7, 11) is 0. The van der Waals surface area contributed by atoms with E-state index in [1.54, 1.807) is 29.2 Å². The Kier molecular flexibility index (Phi) is 7.12. The fraction of sp³-hybridized carbons (Fsp3) is 0.214. The van der Waals surface area contributed by atoms with Crippen LogP contribution in [-0.4, -0.2) is 53.1 Å². The van der Waals surface area contributed by atoms with Gasteiger partial charge in [-0.2, -0.15) is 0 Å². The molecule has 0 aliphatic carbocycles. The van der Waals surface area contributed by atoms with Crippen molar-refractivity contribution in [3.05, 3.63) is 94.5 Å². The predicted octanol–water partition coefficient (Wildman–Crippen LogP) is 4.46. The van der Waals surface area contributed by atoms with Gasteiger partial charge in [0.25, 0.3) is 5.91 Å². The van der Waals surface area contributed by atoms with Gasteiger partial charge >= 0.3 is 12.2 Å². The number of rotatable bonds is 6. The first-order chi connectivity index (χ1) is 18.7. The average molecular weight is 549 g/mol. The minimum atomic E-state index is -1.26. The van der Waals surface area contributed by atoms with Gasteiger partial charge in [-0.25, -0.2) is 9.59 Å². The molecule has 1 fully saturated rings. The van der Waals surface area contributed by atoms with E-state index in [1.807, 2.05) is 30.3 Å². The molecule has 39 heavy (non-hydrogen) atoms. The van der Waals surface area contributed by atoms with Crippen molar-refractivity contribution >= 4 is 47.0 Å². The molecule has 0 bridgehead atoms. The summed E-state index contributed by atoms with van der Waals surface area (Å²) in [5.74, 6) is -0.861. The number of nitrogens with one attached hydrogen (secondary N) is 3. The quantitative estimate of drug-likeness (QED) is 0.359. The molecule has 3 aromatic carbocycles. The van der Waals surface area contributed by atoms with E-state index in [1.165, 1.54) is 18.2 Å². The van der Waals surface area contributed by atoms with Crippen LogP contribution in [-0.2, 0) is 21.6 Å². The fourth-order valence-corrected chi connectivity index (χ4v) is 5.19. The third kappa shape index (κ3) is 5.65. The lowest BCUT2D eigenvalue weighted by Crippen LogP contribution is -2.50. The van der Waals surface area contributed by atoms with Crippen molar-refractivity contribution in [1.29, 1.82) is 0 Å². The minimum absolute atomic E-state index is 0.103. The van der Waals surface area contributed by atoms with Crippen molar-refractivity contribution in [2.45, 2.75) is 24.5 Å². The molecule has 4 N–H and O–H groups in total. The summed E-state index contributed by atoms with van der Waals surface area (Å²) in [5, 5.41) is 17.2. The van der Waals surface area contributed by atoms with Gasteiger partial charge in [-0.15, -0.1) is 0 Å². The first kappa shape index (κ1) is 26.1. The third-order valence-electron chi connectivity index (χ3n) is 6.80. The van der Waals surface area contributed by atoms with Gasteiger partial charge in [-0.05, 0) is 42.0 Å². The van der Waals surface area contributed by atoms with Crippen LogP contribution in [0.25, 0.3) is 0 Å². The SMILES string of the molecule is O=C(O)Nc1cccc(C(=O)N[C@@H](Cc2ccccc2)C(=O)N2CCC3(C2)OC(=O)Nc2ccc(Cl)cc23)c1. The van der Waals surface area contributed by atoms with E-state index in [2.05, 4.69) is 16.0 Å². The van der Waals surface area contributed by atoms with Crippen LogP contribution in [0.4, 0.5) is 21.0 Å². The fourth-order valence-electron chi connectivity index (χ4n) is 5.02. The molecule has 11 heteroatoms. The average Bonchev–Trinajstić information content (AvgIpc) is 3.33. The highest BCUT2D eigenvalue weighted by atomic mass is 35.5. The van der Waals surface area contributed by atoms with E-state index in [0.717, 1.165) is 5.56 Å². The summed E-state index contributed by atoms with van der Waals surface area (Å²) in [6.07, 6.45) is -1.27. The second-order valence-electron chi connectivity index (χ2n) is 9.44. The van der Waals surface area contributed by atoms with E-state index in [4.69, 9.17) is 21.4 Å². The summed E-state index contributed by atoms with van der Waals surface area (Å²) in [6, 6.07) is 19.5. The maximum atomic E-state index is 13.9. The molecule has 1 unspecified atom stereocenters. The first-order valence-electron chi connectivity index (χ1n) is 12.3. The molecule has 0 radical (unpaired) electrons. The molecule has 4 amide bonds. The van der Waals surface area contributed by atoms with E-state index >= 15 is 0 Å². The lowest BCUT2D eigenvalue weighted by Gasteiger charge is -2.35. The number of nitrogens with zero attached hydrogens (tertiary/aromatic N) is 1. The normalized spacial score (nSPS) is 18.5. The molecule has 0 saturated carbocycles. The molecule has 10 nitrogen and oxygen atoms in total. The molecule has 1 saturated heterocycles. The molecular formula is C28H25ClN4O6. The zero-order valence-electron chi connectivity index (χ0n) is 20.6. The van der Waals surface area contributed by atoms with Crippen molar-refractivity contribution in [2.24, 2.45) is 0 Å². The van der Waals surface area contributed by atoms with Gasteiger partial charge in [0.2, 0.25) is 5.91 Å². The molecule has 200 valence electrons. The number of fused-ring (bicyclic) bond motifs is 2. The number of ether oxygens (including phenoxy) is 1. The second-order valence-corrected chi connectivity index (χ2v) is 9.87. The highest BCUT2D eigenvalue weighted by Crippen LogP contribution is 2.43. The molecule has 2 aliphatic rings. The van der Waals surface area contributed by atoms with Gasteiger partial charge < -0.3 is 20.1 Å². The molecule has 5 rings (SSSR count). The highest BCUT2D eigenvalue weighted by molar-refractivity contribution is 6.30. The number of carboxylic acid groups (broad SMARTS) is 1. The van der Waals surface area contributed by atoms with Gasteiger partial charge in [0.1, 0.15) is 6.04 Å². The standard InChI is InChI=1S/C28H25ClN4O6/c29-19-9-10-22-21(15-19)28(39-27(38)32-22)11-12-33(16-28)25(35)23(13-17-5-2-1-3-6-17)31-24(34)18-7-4-8-20(14-18)30-26(36)37/h1-10,14-15,23,30H,11-13,16H2,(H,31,34)(H,32,38)(H,36,37)/t23-,28?/m0/s1. The number of carbonyl (C=O) groups excluding carboxylic acids is 3. The molecular weight excluding hydrogens is 524 g/mol. The molecule has 2 heterocycles. The van der Waals surface area contributed by atoms with Crippen molar-refractivity contribution in [3.8, 4) is 0 Å². The molecule has 1 spiro atoms. The Morgan fingerprint density at radius 2 is 1.87 bits per heavy atom. The van der Waals surface area contributed by atoms with Crippen LogP contribution >= 0.6 is 11.6 Å². The Balaban J connectivity index is 1.39. The maximum Gasteiger partial charge on any atom is 0.412 e. The van der Waals surface area contributed by atoms with Gasteiger partial charge in [0, 0.05) is 41.2 Å². The smallest absolute Gasteiger partial charge is 0.412 e. The number of amides is 4. The van der Waals surface area contributed by atoms with Crippen LogP contribution in [0.5, 0.6) is 0 Å². The lowest BCUT2D eigenvalue weighted by molar-refractivity contribution is -0.133. The van der Waals surface area contributed by atoms with Gasteiger partial charge in [-0.3, -0.25) is 20.2 Å². The zero-order valence-corrected chi connectivity index (χ0v) is 21.4. The van der Waals surface area contributed by atoms with Gasteiger partial charge in [0.05, 0.1) is 12.2 Å². The number of anilines is 2. The van der Waals surface area contributed by atoms with Gasteiger partial charge in [-0.1, -0.05) is 48.0 Å². The summed E-state index contributed by atoms with van der Waals surface area (Å²) < 4.78 is 5.75. The number of benzene rings is 3. The predicted molar refractivity (Wildman–Crippen MR) is 144 cm³/mol. The van der Waals surface area contributed by atoms with Crippen LogP contribution in [0.1, 0.15) is 27.9 Å². The second kappa shape index (κ2) is 10.7. The van der Waals surface area contributed by atoms with E-state index < -0.39 is 29.7 Å². The summed E-state index contributed by atoms with van der Waals surface area (Å²) in [5.41, 5.74) is 1.48. The minimum Gasteiger partial charge on any atom is -0.465 e. The van der Waals surface area contributed by atoms with Gasteiger partial charge in [0.15, 0.2) is 5.60 Å². The van der Waals surface area contributed by atoms with Crippen LogP contribution in [0.15, 0.2) is 72.8 Å². The van der Waals surface area contributed by atoms with E-state index in [0.29, 0.717) is 29.2 Å². The Bertz CT molecular complexity index is 1450. The van der Waals surface area contributed by atoms with E-state index in [9.17, 15) is 19.2 Å². The Morgan fingerprint density at radius 1 is 1.08 bits per heavy atom. The van der Waals surface area contributed by atoms with Crippen LogP contribution in [0.3, 0.4) is 0 Å². The zero-order chi connectivity index (χ0) is 27.6. The molecule has 3 aromatic rings. The van der Waals surface area contributed by atoms with Crippen molar-refractivity contribution in [2.75, 3.05) is 23.7 Å². The van der Waals surface area contributed by atoms with Crippen molar-refractivity contribution < 1.29 is 29.0 Å². The molecule has 0 aromatic heterocycles. The van der Waals surface area contributed by atoms with E-state index in [-0.39, 0.29) is 30.1 Å². The topological polar surface area (TPSA) is 137 Å². The molecule has 2 aliphatic heterocycles. The van der Waals surface area contributed by atoms with Crippen molar-refractivity contribution in [3.63, 3.8) is 0 Å². The van der Waals surface area contributed by atoms with Crippen LogP contribution < -0.4 is 16.0 Å². The number of halogens is 1. The Morgan fingerprint density at radius 3 is 2.64 bits per heavy atom. The monoisotopic (exact) mass is 548 g/mol. The number of hydrogen-bond acceptors (Lipinski definition) is 5. The molecule has 2 atom stereocenters. The van der Waals surface area contributed by atoms with Crippen LogP contribution in [0, 0.1) is 0 Å². The Labute approximate surface area is 228 Å². The third-order valence-corrected chi connectivity index (χ3v) is 7.04. The largest absolute Gasteiger partial charge is 0.465 e. The number of likely N-dealkylation sites (tertiary alicyclic amines) is 1. The van der Waals surface area contributed by atoms with Crippen LogP contribution in [0.2, 0.25) is 5.02 Å². The highest BCUT2D eigenvalue weighted by Gasteiger charge is 2.49. The maximum absolute atomic E-state index is 13.9. The van der Waals surface area contributed by atoms with Crippen molar-refractivity contribution in [1.82, 2.24) is 10.2 Å². The Hall–Kier alpha value is -4.57. The summed E-state index contributed by atoms with van der Waals surface area (Å²) in [4.78, 5) is 52.0. The summed E-state index contributed by atoms with van der Waals surface area (Å²) >= 11 is 6.24. The number of carbonyl (C=O) groups is 4.